The van der Waals surface area contributed by atoms with Crippen LogP contribution in [0.25, 0.3) is 11.4 Å². The SMILES string of the molecule is CC(NC(=O)c1ccc(Cl)cc1)C(=O)Nc1cccc(-c2nnnn2C2CC2)c1. The van der Waals surface area contributed by atoms with Crippen LogP contribution in [0, 0.1) is 0 Å². The van der Waals surface area contributed by atoms with Crippen molar-refractivity contribution < 1.29 is 9.59 Å². The number of rotatable bonds is 6. The normalized spacial score (nSPS) is 14.3. The molecule has 1 aromatic heterocycles. The Kier molecular flexibility index (Phi) is 5.26. The molecule has 1 atom stereocenters. The number of nitrogens with zero attached hydrogens (tertiary/aromatic N) is 4. The van der Waals surface area contributed by atoms with Crippen molar-refractivity contribution in [3.63, 3.8) is 0 Å². The summed E-state index contributed by atoms with van der Waals surface area (Å²) < 4.78 is 1.82. The summed E-state index contributed by atoms with van der Waals surface area (Å²) in [6.45, 7) is 1.63. The molecule has 1 aliphatic carbocycles. The molecule has 0 saturated heterocycles. The molecule has 0 aliphatic heterocycles. The Morgan fingerprint density at radius 3 is 2.66 bits per heavy atom. The van der Waals surface area contributed by atoms with E-state index in [1.807, 2.05) is 22.9 Å². The average Bonchev–Trinajstić information content (AvgIpc) is 3.44. The number of amides is 2. The maximum atomic E-state index is 12.5. The van der Waals surface area contributed by atoms with Crippen molar-refractivity contribution in [2.75, 3.05) is 5.32 Å². The van der Waals surface area contributed by atoms with Gasteiger partial charge in [-0.15, -0.1) is 5.10 Å². The van der Waals surface area contributed by atoms with E-state index >= 15 is 0 Å². The molecule has 148 valence electrons. The third kappa shape index (κ3) is 4.43. The fourth-order valence-electron chi connectivity index (χ4n) is 2.88. The molecule has 2 N–H and O–H groups in total. The second-order valence-corrected chi connectivity index (χ2v) is 7.39. The highest BCUT2D eigenvalue weighted by atomic mass is 35.5. The van der Waals surface area contributed by atoms with Gasteiger partial charge in [-0.25, -0.2) is 4.68 Å². The van der Waals surface area contributed by atoms with Crippen molar-refractivity contribution in [2.45, 2.75) is 31.8 Å². The van der Waals surface area contributed by atoms with Crippen molar-refractivity contribution in [2.24, 2.45) is 0 Å². The summed E-state index contributed by atoms with van der Waals surface area (Å²) in [6, 6.07) is 13.4. The first-order valence-corrected chi connectivity index (χ1v) is 9.64. The lowest BCUT2D eigenvalue weighted by molar-refractivity contribution is -0.117. The molecular formula is C20H19ClN6O2. The molecule has 1 heterocycles. The highest BCUT2D eigenvalue weighted by molar-refractivity contribution is 6.30. The molecule has 1 fully saturated rings. The topological polar surface area (TPSA) is 102 Å². The summed E-state index contributed by atoms with van der Waals surface area (Å²) in [4.78, 5) is 24.8. The lowest BCUT2D eigenvalue weighted by Crippen LogP contribution is -2.41. The van der Waals surface area contributed by atoms with Crippen LogP contribution in [0.5, 0.6) is 0 Å². The second kappa shape index (κ2) is 8.00. The first-order valence-electron chi connectivity index (χ1n) is 9.27. The first-order chi connectivity index (χ1) is 14.0. The van der Waals surface area contributed by atoms with E-state index in [0.717, 1.165) is 18.4 Å². The predicted octanol–water partition coefficient (Wildman–Crippen LogP) is 3.09. The van der Waals surface area contributed by atoms with Crippen molar-refractivity contribution in [3.05, 3.63) is 59.1 Å². The van der Waals surface area contributed by atoms with Crippen LogP contribution in [0.15, 0.2) is 48.5 Å². The molecule has 3 aromatic rings. The number of aromatic nitrogens is 4. The zero-order chi connectivity index (χ0) is 20.4. The molecule has 1 aliphatic rings. The smallest absolute Gasteiger partial charge is 0.251 e. The Morgan fingerprint density at radius 2 is 1.93 bits per heavy atom. The third-order valence-corrected chi connectivity index (χ3v) is 4.87. The Hall–Kier alpha value is -3.26. The summed E-state index contributed by atoms with van der Waals surface area (Å²) in [7, 11) is 0. The fraction of sp³-hybridized carbons (Fsp3) is 0.250. The van der Waals surface area contributed by atoms with Crippen LogP contribution in [0.2, 0.25) is 5.02 Å². The van der Waals surface area contributed by atoms with Gasteiger partial charge < -0.3 is 10.6 Å². The largest absolute Gasteiger partial charge is 0.341 e. The molecule has 1 unspecified atom stereocenters. The summed E-state index contributed by atoms with van der Waals surface area (Å²) in [6.07, 6.45) is 2.14. The molecule has 0 spiro atoms. The zero-order valence-electron chi connectivity index (χ0n) is 15.7. The molecule has 4 rings (SSSR count). The van der Waals surface area contributed by atoms with Crippen LogP contribution in [0.4, 0.5) is 5.69 Å². The summed E-state index contributed by atoms with van der Waals surface area (Å²) in [5.74, 6) is 0.000568. The van der Waals surface area contributed by atoms with E-state index in [0.29, 0.717) is 28.1 Å². The van der Waals surface area contributed by atoms with Gasteiger partial charge in [0.25, 0.3) is 5.91 Å². The van der Waals surface area contributed by atoms with Crippen LogP contribution in [0.3, 0.4) is 0 Å². The van der Waals surface area contributed by atoms with Crippen molar-refractivity contribution >= 4 is 29.1 Å². The number of benzene rings is 2. The van der Waals surface area contributed by atoms with Gasteiger partial charge in [0.2, 0.25) is 5.91 Å². The number of halogens is 1. The van der Waals surface area contributed by atoms with Crippen LogP contribution < -0.4 is 10.6 Å². The number of tetrazole rings is 1. The quantitative estimate of drug-likeness (QED) is 0.650. The van der Waals surface area contributed by atoms with Crippen LogP contribution in [-0.4, -0.2) is 38.1 Å². The van der Waals surface area contributed by atoms with Crippen LogP contribution in [0.1, 0.15) is 36.2 Å². The van der Waals surface area contributed by atoms with E-state index in [1.54, 1.807) is 37.3 Å². The zero-order valence-corrected chi connectivity index (χ0v) is 16.4. The van der Waals surface area contributed by atoms with Crippen molar-refractivity contribution in [3.8, 4) is 11.4 Å². The number of hydrogen-bond acceptors (Lipinski definition) is 5. The Balaban J connectivity index is 1.42. The summed E-state index contributed by atoms with van der Waals surface area (Å²) in [5.41, 5.74) is 1.85. The standard InChI is InChI=1S/C20H19ClN6O2/c1-12(22-20(29)13-5-7-15(21)8-6-13)19(28)23-16-4-2-3-14(11-16)18-24-25-26-27(18)17-9-10-17/h2-8,11-12,17H,9-10H2,1H3,(H,22,29)(H,23,28). The van der Waals surface area contributed by atoms with Gasteiger partial charge in [-0.3, -0.25) is 9.59 Å². The maximum Gasteiger partial charge on any atom is 0.251 e. The van der Waals surface area contributed by atoms with Gasteiger partial charge >= 0.3 is 0 Å². The Labute approximate surface area is 172 Å². The Bertz CT molecular complexity index is 1050. The second-order valence-electron chi connectivity index (χ2n) is 6.95. The minimum atomic E-state index is -0.724. The predicted molar refractivity (Wildman–Crippen MR) is 109 cm³/mol. The van der Waals surface area contributed by atoms with Gasteiger partial charge in [0.1, 0.15) is 6.04 Å². The van der Waals surface area contributed by atoms with E-state index in [4.69, 9.17) is 11.6 Å². The monoisotopic (exact) mass is 410 g/mol. The van der Waals surface area contributed by atoms with E-state index < -0.39 is 6.04 Å². The average molecular weight is 411 g/mol. The molecular weight excluding hydrogens is 392 g/mol. The number of carbonyl (C=O) groups is 2. The van der Waals surface area contributed by atoms with E-state index in [2.05, 4.69) is 26.2 Å². The van der Waals surface area contributed by atoms with E-state index in [-0.39, 0.29) is 11.8 Å². The third-order valence-electron chi connectivity index (χ3n) is 4.62. The lowest BCUT2D eigenvalue weighted by atomic mass is 10.1. The molecule has 9 heteroatoms. The van der Waals surface area contributed by atoms with Gasteiger partial charge in [0.15, 0.2) is 5.82 Å². The number of hydrogen-bond donors (Lipinski definition) is 2. The van der Waals surface area contributed by atoms with E-state index in [1.165, 1.54) is 0 Å². The molecule has 8 nitrogen and oxygen atoms in total. The fourth-order valence-corrected chi connectivity index (χ4v) is 3.01. The number of nitrogens with one attached hydrogen (secondary N) is 2. The first kappa shape index (κ1) is 19.1. The molecule has 29 heavy (non-hydrogen) atoms. The minimum absolute atomic E-state index is 0.328. The van der Waals surface area contributed by atoms with Crippen molar-refractivity contribution in [1.29, 1.82) is 0 Å². The summed E-state index contributed by atoms with van der Waals surface area (Å²) >= 11 is 5.83. The highest BCUT2D eigenvalue weighted by Gasteiger charge is 2.28. The number of carbonyl (C=O) groups excluding carboxylic acids is 2. The van der Waals surface area contributed by atoms with Crippen molar-refractivity contribution in [1.82, 2.24) is 25.5 Å². The Morgan fingerprint density at radius 1 is 1.17 bits per heavy atom. The number of anilines is 1. The molecule has 2 aromatic carbocycles. The molecule has 0 radical (unpaired) electrons. The minimum Gasteiger partial charge on any atom is -0.341 e. The lowest BCUT2D eigenvalue weighted by Gasteiger charge is -2.15. The van der Waals surface area contributed by atoms with Crippen LogP contribution in [-0.2, 0) is 4.79 Å². The van der Waals surface area contributed by atoms with E-state index in [9.17, 15) is 9.59 Å². The van der Waals surface area contributed by atoms with Gasteiger partial charge in [-0.1, -0.05) is 23.7 Å². The van der Waals surface area contributed by atoms with Crippen LogP contribution >= 0.6 is 11.6 Å². The van der Waals surface area contributed by atoms with Gasteiger partial charge in [-0.2, -0.15) is 0 Å². The highest BCUT2D eigenvalue weighted by Crippen LogP contribution is 2.36. The van der Waals surface area contributed by atoms with Gasteiger partial charge in [0, 0.05) is 21.8 Å². The van der Waals surface area contributed by atoms with Gasteiger partial charge in [-0.05, 0) is 66.6 Å². The maximum absolute atomic E-state index is 12.5. The summed E-state index contributed by atoms with van der Waals surface area (Å²) in [5, 5.41) is 18.0. The molecule has 1 saturated carbocycles. The van der Waals surface area contributed by atoms with Gasteiger partial charge in [0.05, 0.1) is 6.04 Å². The molecule has 2 amide bonds. The molecule has 0 bridgehead atoms.